The Bertz CT molecular complexity index is 511. The minimum atomic E-state index is -3.46. The molecule has 1 N–H and O–H groups in total. The molecule has 1 atom stereocenters. The minimum Gasteiger partial charge on any atom is -0.208 e. The van der Waals surface area contributed by atoms with E-state index in [1.54, 1.807) is 25.1 Å². The summed E-state index contributed by atoms with van der Waals surface area (Å²) in [6.45, 7) is 7.18. The fourth-order valence-electron chi connectivity index (χ4n) is 1.49. The van der Waals surface area contributed by atoms with Crippen LogP contribution in [-0.2, 0) is 10.0 Å². The summed E-state index contributed by atoms with van der Waals surface area (Å²) in [5, 5.41) is 0. The summed E-state index contributed by atoms with van der Waals surface area (Å²) in [5.74, 6) is 0. The summed E-state index contributed by atoms with van der Waals surface area (Å²) in [6, 6.07) is 5.05. The Morgan fingerprint density at radius 1 is 1.53 bits per heavy atom. The van der Waals surface area contributed by atoms with Crippen molar-refractivity contribution in [3.05, 3.63) is 40.9 Å². The zero-order valence-electron chi connectivity index (χ0n) is 9.90. The third kappa shape index (κ3) is 3.94. The predicted molar refractivity (Wildman–Crippen MR) is 73.5 cm³/mol. The molecule has 1 rings (SSSR count). The average molecular weight is 318 g/mol. The Hall–Kier alpha value is -0.650. The Kier molecular flexibility index (Phi) is 4.91. The summed E-state index contributed by atoms with van der Waals surface area (Å²) in [6.07, 6.45) is 2.30. The van der Waals surface area contributed by atoms with Gasteiger partial charge in [-0.25, -0.2) is 13.1 Å². The summed E-state index contributed by atoms with van der Waals surface area (Å²) < 4.78 is 27.6. The van der Waals surface area contributed by atoms with Crippen LogP contribution < -0.4 is 4.72 Å². The predicted octanol–water partition coefficient (Wildman–Crippen LogP) is 3.00. The van der Waals surface area contributed by atoms with Gasteiger partial charge in [0.15, 0.2) is 0 Å². The number of sulfonamides is 1. The van der Waals surface area contributed by atoms with Gasteiger partial charge >= 0.3 is 0 Å². The second-order valence-corrected chi connectivity index (χ2v) is 6.55. The van der Waals surface area contributed by atoms with E-state index in [9.17, 15) is 8.42 Å². The first-order valence-electron chi connectivity index (χ1n) is 5.26. The van der Waals surface area contributed by atoms with E-state index in [1.165, 1.54) is 0 Å². The molecule has 0 radical (unpaired) electrons. The molecule has 1 aromatic rings. The molecule has 94 valence electrons. The fourth-order valence-corrected chi connectivity index (χ4v) is 3.53. The number of hydrogen-bond acceptors (Lipinski definition) is 2. The number of rotatable bonds is 5. The van der Waals surface area contributed by atoms with E-state index in [1.807, 2.05) is 13.0 Å². The lowest BCUT2D eigenvalue weighted by atomic mass is 10.2. The van der Waals surface area contributed by atoms with Gasteiger partial charge in [-0.1, -0.05) is 28.1 Å². The highest BCUT2D eigenvalue weighted by atomic mass is 79.9. The van der Waals surface area contributed by atoms with Gasteiger partial charge in [0.05, 0.1) is 4.90 Å². The van der Waals surface area contributed by atoms with Crippen LogP contribution in [0, 0.1) is 6.92 Å². The molecular weight excluding hydrogens is 302 g/mol. The third-order valence-electron chi connectivity index (χ3n) is 2.32. The highest BCUT2D eigenvalue weighted by molar-refractivity contribution is 9.10. The summed E-state index contributed by atoms with van der Waals surface area (Å²) in [5.41, 5.74) is 0.728. The largest absolute Gasteiger partial charge is 0.241 e. The van der Waals surface area contributed by atoms with Crippen molar-refractivity contribution in [1.82, 2.24) is 4.72 Å². The minimum absolute atomic E-state index is 0.157. The maximum absolute atomic E-state index is 12.1. The van der Waals surface area contributed by atoms with Crippen LogP contribution in [0.3, 0.4) is 0 Å². The van der Waals surface area contributed by atoms with E-state index < -0.39 is 10.0 Å². The van der Waals surface area contributed by atoms with Gasteiger partial charge in [-0.2, -0.15) is 0 Å². The number of benzene rings is 1. The maximum Gasteiger partial charge on any atom is 0.241 e. The first-order valence-corrected chi connectivity index (χ1v) is 7.54. The van der Waals surface area contributed by atoms with Gasteiger partial charge in [-0.3, -0.25) is 0 Å². The molecule has 5 heteroatoms. The van der Waals surface area contributed by atoms with E-state index in [0.29, 0.717) is 11.3 Å². The summed E-state index contributed by atoms with van der Waals surface area (Å²) >= 11 is 3.28. The van der Waals surface area contributed by atoms with Crippen molar-refractivity contribution in [1.29, 1.82) is 0 Å². The zero-order chi connectivity index (χ0) is 13.1. The van der Waals surface area contributed by atoms with Crippen molar-refractivity contribution in [2.24, 2.45) is 0 Å². The van der Waals surface area contributed by atoms with Gasteiger partial charge in [0.25, 0.3) is 0 Å². The monoisotopic (exact) mass is 317 g/mol. The van der Waals surface area contributed by atoms with Gasteiger partial charge in [-0.05, 0) is 38.0 Å². The smallest absolute Gasteiger partial charge is 0.208 e. The summed E-state index contributed by atoms with van der Waals surface area (Å²) in [7, 11) is -3.46. The highest BCUT2D eigenvalue weighted by Gasteiger charge is 2.19. The number of halogens is 1. The van der Waals surface area contributed by atoms with Crippen LogP contribution >= 0.6 is 15.9 Å². The second-order valence-electron chi connectivity index (χ2n) is 3.96. The van der Waals surface area contributed by atoms with Crippen molar-refractivity contribution in [3.8, 4) is 0 Å². The van der Waals surface area contributed by atoms with Gasteiger partial charge in [0.1, 0.15) is 0 Å². The van der Waals surface area contributed by atoms with Crippen molar-refractivity contribution in [2.45, 2.75) is 31.2 Å². The summed E-state index contributed by atoms with van der Waals surface area (Å²) in [4.78, 5) is 0.308. The number of hydrogen-bond donors (Lipinski definition) is 1. The molecule has 1 aromatic carbocycles. The average Bonchev–Trinajstić information content (AvgIpc) is 2.21. The van der Waals surface area contributed by atoms with Crippen LogP contribution in [0.1, 0.15) is 18.9 Å². The standard InChI is InChI=1S/C12H16BrNO2S/c1-4-5-10(3)14-17(15,16)12-8-11(13)7-6-9(12)2/h4,6-8,10,14H,1,5H2,2-3H3. The highest BCUT2D eigenvalue weighted by Crippen LogP contribution is 2.20. The van der Waals surface area contributed by atoms with Crippen molar-refractivity contribution in [3.63, 3.8) is 0 Å². The lowest BCUT2D eigenvalue weighted by Gasteiger charge is -2.14. The molecule has 0 aromatic heterocycles. The topological polar surface area (TPSA) is 46.2 Å². The van der Waals surface area contributed by atoms with E-state index in [4.69, 9.17) is 0 Å². The van der Waals surface area contributed by atoms with Crippen LogP contribution in [0.2, 0.25) is 0 Å². The van der Waals surface area contributed by atoms with Crippen molar-refractivity contribution >= 4 is 26.0 Å². The van der Waals surface area contributed by atoms with Crippen LogP contribution in [0.25, 0.3) is 0 Å². The Morgan fingerprint density at radius 2 is 2.18 bits per heavy atom. The molecule has 17 heavy (non-hydrogen) atoms. The molecule has 0 heterocycles. The Balaban J connectivity index is 3.04. The lowest BCUT2D eigenvalue weighted by Crippen LogP contribution is -2.32. The van der Waals surface area contributed by atoms with E-state index in [-0.39, 0.29) is 6.04 Å². The molecule has 0 saturated carbocycles. The molecule has 0 aliphatic rings. The molecule has 0 spiro atoms. The van der Waals surface area contributed by atoms with E-state index >= 15 is 0 Å². The molecule has 0 saturated heterocycles. The molecule has 1 unspecified atom stereocenters. The lowest BCUT2D eigenvalue weighted by molar-refractivity contribution is 0.561. The Morgan fingerprint density at radius 3 is 2.76 bits per heavy atom. The van der Waals surface area contributed by atoms with Crippen LogP contribution in [0.4, 0.5) is 0 Å². The normalized spacial score (nSPS) is 13.4. The van der Waals surface area contributed by atoms with Gasteiger partial charge in [0, 0.05) is 10.5 Å². The quantitative estimate of drug-likeness (QED) is 0.848. The van der Waals surface area contributed by atoms with Crippen LogP contribution in [0.5, 0.6) is 0 Å². The number of nitrogens with one attached hydrogen (secondary N) is 1. The Labute approximate surface area is 111 Å². The maximum atomic E-state index is 12.1. The first kappa shape index (κ1) is 14.4. The van der Waals surface area contributed by atoms with Crippen LogP contribution in [0.15, 0.2) is 40.2 Å². The van der Waals surface area contributed by atoms with E-state index in [2.05, 4.69) is 27.2 Å². The third-order valence-corrected chi connectivity index (χ3v) is 4.54. The van der Waals surface area contributed by atoms with Gasteiger partial charge in [-0.15, -0.1) is 6.58 Å². The molecule has 0 aliphatic carbocycles. The molecule has 3 nitrogen and oxygen atoms in total. The first-order chi connectivity index (χ1) is 7.86. The second kappa shape index (κ2) is 5.80. The molecule has 0 aliphatic heterocycles. The SMILES string of the molecule is C=CCC(C)NS(=O)(=O)c1cc(Br)ccc1C. The van der Waals surface area contributed by atoms with Gasteiger partial charge < -0.3 is 0 Å². The number of aryl methyl sites for hydroxylation is 1. The van der Waals surface area contributed by atoms with Crippen molar-refractivity contribution < 1.29 is 8.42 Å². The molecule has 0 bridgehead atoms. The van der Waals surface area contributed by atoms with Crippen molar-refractivity contribution in [2.75, 3.05) is 0 Å². The fraction of sp³-hybridized carbons (Fsp3) is 0.333. The van der Waals surface area contributed by atoms with E-state index in [0.717, 1.165) is 10.0 Å². The van der Waals surface area contributed by atoms with Crippen LogP contribution in [-0.4, -0.2) is 14.5 Å². The van der Waals surface area contributed by atoms with Gasteiger partial charge in [0.2, 0.25) is 10.0 Å². The zero-order valence-corrected chi connectivity index (χ0v) is 12.3. The molecule has 0 amide bonds. The molecule has 0 fully saturated rings. The molecular formula is C12H16BrNO2S.